The zero-order valence-corrected chi connectivity index (χ0v) is 37.9. The van der Waals surface area contributed by atoms with Gasteiger partial charge in [0, 0.05) is 12.8 Å². The summed E-state index contributed by atoms with van der Waals surface area (Å²) < 4.78 is 39.7. The quantitative estimate of drug-likeness (QED) is 0.0148. The molecule has 1 aliphatic rings. The first-order chi connectivity index (χ1) is 27.5. The minimum atomic E-state index is -4.64. The van der Waals surface area contributed by atoms with Crippen molar-refractivity contribution in [2.24, 2.45) is 0 Å². The van der Waals surface area contributed by atoms with Crippen molar-refractivity contribution in [1.82, 2.24) is 0 Å². The summed E-state index contributed by atoms with van der Waals surface area (Å²) >= 11 is 0. The van der Waals surface area contributed by atoms with E-state index >= 15 is 0 Å². The molecule has 0 spiro atoms. The Bertz CT molecular complexity index is 1140. The van der Waals surface area contributed by atoms with Gasteiger partial charge in [-0.15, -0.1) is 0 Å². The fraction of sp³-hybridized carbons (Fsp3) is 0.826. The first-order valence-electron chi connectivity index (χ1n) is 22.8. The Hall–Kier alpha value is -1.81. The number of ether oxygens (including phenoxy) is 3. The molecule has 1 aliphatic heterocycles. The van der Waals surface area contributed by atoms with Crippen molar-refractivity contribution in [2.45, 2.75) is 199 Å². The fourth-order valence-corrected chi connectivity index (χ4v) is 7.07. The molecule has 0 aliphatic carbocycles. The number of phosphoric acid groups is 1. The number of phosphoric ester groups is 1. The van der Waals surface area contributed by atoms with E-state index in [1.54, 1.807) is 0 Å². The first-order valence-corrected chi connectivity index (χ1v) is 24.3. The maximum atomic E-state index is 12.7. The van der Waals surface area contributed by atoms with Gasteiger partial charge in [0.15, 0.2) is 6.10 Å². The molecule has 0 aromatic carbocycles. The number of esters is 2. The summed E-state index contributed by atoms with van der Waals surface area (Å²) in [5.41, 5.74) is 0. The van der Waals surface area contributed by atoms with Gasteiger partial charge in [-0.1, -0.05) is 134 Å². The van der Waals surface area contributed by atoms with E-state index in [1.807, 2.05) is 21.1 Å². The van der Waals surface area contributed by atoms with Crippen LogP contribution in [-0.4, -0.2) is 82.2 Å². The van der Waals surface area contributed by atoms with E-state index in [0.717, 1.165) is 77.0 Å². The summed E-state index contributed by atoms with van der Waals surface area (Å²) in [4.78, 5) is 37.6. The molecule has 0 aromatic heterocycles. The minimum absolute atomic E-state index is 0.0381. The average Bonchev–Trinajstić information content (AvgIpc) is 3.92. The summed E-state index contributed by atoms with van der Waals surface area (Å²) in [6.45, 7) is 4.13. The number of nitrogens with zero attached hydrogens (tertiary/aromatic N) is 1. The summed E-state index contributed by atoms with van der Waals surface area (Å²) in [6, 6.07) is 0. The summed E-state index contributed by atoms with van der Waals surface area (Å²) in [7, 11) is 1.14. The Kier molecular flexibility index (Phi) is 32.7. The molecule has 0 radical (unpaired) electrons. The lowest BCUT2D eigenvalue weighted by molar-refractivity contribution is -0.870. The van der Waals surface area contributed by atoms with Gasteiger partial charge in [0.1, 0.15) is 19.8 Å². The molecule has 0 aromatic rings. The monoisotopic (exact) mass is 826 g/mol. The van der Waals surface area contributed by atoms with E-state index in [4.69, 9.17) is 23.3 Å². The van der Waals surface area contributed by atoms with Gasteiger partial charge < -0.3 is 32.6 Å². The molecule has 332 valence electrons. The topological polar surface area (TPSA) is 124 Å². The standard InChI is InChI=1S/C46H84NO9P/c1-6-8-10-12-14-15-16-17-18-19-20-21-22-23-24-28-33-37-46(49)55-42(41-54-57(50,51)53-39-38-47(3,4)5)40-52-45(48)36-32-29-25-27-31-35-44-43(56-44)34-30-26-13-11-9-7-2/h14-15,17-18,26,30,42-44H,6-13,16,19-25,27-29,31-41H2,1-5H3/b15-14-,18-17-,30-26-/t42-,43?,44?/m1/s1. The largest absolute Gasteiger partial charge is 0.756 e. The van der Waals surface area contributed by atoms with E-state index in [9.17, 15) is 19.0 Å². The Labute approximate surface area is 348 Å². The maximum absolute atomic E-state index is 12.7. The molecule has 0 N–H and O–H groups in total. The fourth-order valence-electron chi connectivity index (χ4n) is 6.34. The lowest BCUT2D eigenvalue weighted by atomic mass is 10.1. The highest BCUT2D eigenvalue weighted by molar-refractivity contribution is 7.45. The normalized spacial score (nSPS) is 17.4. The third-order valence-corrected chi connectivity index (χ3v) is 11.0. The second kappa shape index (κ2) is 35.0. The smallest absolute Gasteiger partial charge is 0.306 e. The van der Waals surface area contributed by atoms with Crippen LogP contribution in [0.4, 0.5) is 0 Å². The number of carbonyl (C=O) groups is 2. The second-order valence-corrected chi connectivity index (χ2v) is 18.2. The molecule has 1 saturated heterocycles. The Morgan fingerprint density at radius 3 is 1.77 bits per heavy atom. The van der Waals surface area contributed by atoms with Crippen LogP contribution >= 0.6 is 7.82 Å². The highest BCUT2D eigenvalue weighted by atomic mass is 31.2. The molecule has 0 bridgehead atoms. The van der Waals surface area contributed by atoms with Crippen LogP contribution in [0.15, 0.2) is 36.5 Å². The highest BCUT2D eigenvalue weighted by Crippen LogP contribution is 2.38. The lowest BCUT2D eigenvalue weighted by Gasteiger charge is -2.28. The number of rotatable bonds is 40. The van der Waals surface area contributed by atoms with Gasteiger partial charge in [-0.25, -0.2) is 0 Å². The third kappa shape index (κ3) is 35.8. The predicted molar refractivity (Wildman–Crippen MR) is 231 cm³/mol. The molecule has 0 saturated carbocycles. The van der Waals surface area contributed by atoms with Crippen LogP contribution in [0.5, 0.6) is 0 Å². The van der Waals surface area contributed by atoms with Crippen LogP contribution in [0.3, 0.4) is 0 Å². The van der Waals surface area contributed by atoms with Crippen LogP contribution in [0, 0.1) is 0 Å². The molecular weight excluding hydrogens is 741 g/mol. The Morgan fingerprint density at radius 2 is 1.18 bits per heavy atom. The second-order valence-electron chi connectivity index (χ2n) is 16.8. The summed E-state index contributed by atoms with van der Waals surface area (Å²) in [6.07, 6.45) is 40.4. The predicted octanol–water partition coefficient (Wildman–Crippen LogP) is 11.3. The van der Waals surface area contributed by atoms with Crippen molar-refractivity contribution >= 4 is 19.8 Å². The van der Waals surface area contributed by atoms with Crippen molar-refractivity contribution in [1.29, 1.82) is 0 Å². The molecule has 11 heteroatoms. The van der Waals surface area contributed by atoms with Crippen molar-refractivity contribution in [2.75, 3.05) is 47.5 Å². The Balaban J connectivity index is 2.28. The highest BCUT2D eigenvalue weighted by Gasteiger charge is 2.36. The number of quaternary nitrogens is 1. The summed E-state index contributed by atoms with van der Waals surface area (Å²) in [5, 5.41) is 0. The van der Waals surface area contributed by atoms with E-state index < -0.39 is 32.5 Å². The number of carbonyl (C=O) groups excluding carboxylic acids is 2. The molecule has 1 fully saturated rings. The number of allylic oxidation sites excluding steroid dienone is 5. The van der Waals surface area contributed by atoms with Crippen LogP contribution in [-0.2, 0) is 37.4 Å². The molecule has 1 heterocycles. The molecule has 0 amide bonds. The lowest BCUT2D eigenvalue weighted by Crippen LogP contribution is -2.37. The van der Waals surface area contributed by atoms with Crippen LogP contribution in [0.2, 0.25) is 0 Å². The van der Waals surface area contributed by atoms with Crippen LogP contribution in [0.1, 0.15) is 181 Å². The van der Waals surface area contributed by atoms with Gasteiger partial charge in [0.25, 0.3) is 7.82 Å². The molecule has 10 nitrogen and oxygen atoms in total. The van der Waals surface area contributed by atoms with E-state index in [-0.39, 0.29) is 26.1 Å². The minimum Gasteiger partial charge on any atom is -0.756 e. The third-order valence-electron chi connectivity index (χ3n) is 10.1. The van der Waals surface area contributed by atoms with Gasteiger partial charge in [-0.05, 0) is 70.6 Å². The average molecular weight is 826 g/mol. The molecule has 1 rings (SSSR count). The van der Waals surface area contributed by atoms with Gasteiger partial charge in [0.05, 0.1) is 40.0 Å². The van der Waals surface area contributed by atoms with Gasteiger partial charge in [0.2, 0.25) is 0 Å². The van der Waals surface area contributed by atoms with Crippen molar-refractivity contribution < 1.29 is 46.8 Å². The SMILES string of the molecule is CCCCC/C=C\C/C=C\CCCCCCCCCC(=O)O[C@H](COC(=O)CCCCCCCC1OC1C/C=C\CCCCC)COP(=O)([O-])OCC[N+](C)(C)C. The zero-order chi connectivity index (χ0) is 41.9. The first kappa shape index (κ1) is 53.2. The number of hydrogen-bond acceptors (Lipinski definition) is 9. The van der Waals surface area contributed by atoms with E-state index in [1.165, 1.54) is 64.2 Å². The van der Waals surface area contributed by atoms with Gasteiger partial charge in [-0.3, -0.25) is 14.2 Å². The molecule has 3 unspecified atom stereocenters. The maximum Gasteiger partial charge on any atom is 0.306 e. The number of epoxide rings is 1. The zero-order valence-electron chi connectivity index (χ0n) is 37.0. The number of likely N-dealkylation sites (N-methyl/N-ethyl adjacent to an activating group) is 1. The van der Waals surface area contributed by atoms with Crippen molar-refractivity contribution in [3.05, 3.63) is 36.5 Å². The summed E-state index contributed by atoms with van der Waals surface area (Å²) in [5.74, 6) is -0.866. The Morgan fingerprint density at radius 1 is 0.649 bits per heavy atom. The molecule has 4 atom stereocenters. The van der Waals surface area contributed by atoms with Crippen LogP contribution in [0.25, 0.3) is 0 Å². The molecule has 57 heavy (non-hydrogen) atoms. The van der Waals surface area contributed by atoms with E-state index in [0.29, 0.717) is 36.1 Å². The van der Waals surface area contributed by atoms with Gasteiger partial charge in [-0.2, -0.15) is 0 Å². The van der Waals surface area contributed by atoms with Crippen LogP contribution < -0.4 is 4.89 Å². The molecular formula is C46H84NO9P. The number of hydrogen-bond donors (Lipinski definition) is 0. The van der Waals surface area contributed by atoms with Crippen molar-refractivity contribution in [3.8, 4) is 0 Å². The van der Waals surface area contributed by atoms with Crippen molar-refractivity contribution in [3.63, 3.8) is 0 Å². The number of unbranched alkanes of at least 4 members (excludes halogenated alkanes) is 17. The van der Waals surface area contributed by atoms with E-state index in [2.05, 4.69) is 50.3 Å². The van der Waals surface area contributed by atoms with Gasteiger partial charge >= 0.3 is 11.9 Å².